The summed E-state index contributed by atoms with van der Waals surface area (Å²) in [5.74, 6) is 0.757. The maximum Gasteiger partial charge on any atom is 0.281 e. The number of carbonyl (C=O) groups excluding carboxylic acids is 1. The van der Waals surface area contributed by atoms with Crippen LogP contribution in [0.5, 0.6) is 11.5 Å². The first-order chi connectivity index (χ1) is 13.3. The second kappa shape index (κ2) is 8.20. The van der Waals surface area contributed by atoms with Gasteiger partial charge in [0.05, 0.1) is 24.4 Å². The van der Waals surface area contributed by atoms with Crippen molar-refractivity contribution in [1.29, 1.82) is 0 Å². The molecule has 146 valence electrons. The number of nitrogens with one attached hydrogen (secondary N) is 1. The Labute approximate surface area is 174 Å². The van der Waals surface area contributed by atoms with E-state index in [1.165, 1.54) is 12.0 Å². The summed E-state index contributed by atoms with van der Waals surface area (Å²) in [6.45, 7) is 6.31. The highest BCUT2D eigenvalue weighted by molar-refractivity contribution is 7.80. The zero-order valence-electron chi connectivity index (χ0n) is 16.1. The Hall–Kier alpha value is -2.57. The Bertz CT molecular complexity index is 968. The molecule has 1 fully saturated rings. The molecule has 5 nitrogen and oxygen atoms in total. The number of methoxy groups -OCH3 is 1. The molecule has 1 aliphatic heterocycles. The van der Waals surface area contributed by atoms with E-state index in [9.17, 15) is 4.79 Å². The van der Waals surface area contributed by atoms with Gasteiger partial charge in [-0.1, -0.05) is 17.7 Å². The van der Waals surface area contributed by atoms with Gasteiger partial charge in [0.15, 0.2) is 16.6 Å². The Morgan fingerprint density at radius 3 is 2.46 bits per heavy atom. The second-order valence-corrected chi connectivity index (χ2v) is 7.24. The number of aryl methyl sites for hydroxylation is 2. The van der Waals surface area contributed by atoms with Crippen molar-refractivity contribution in [3.8, 4) is 11.5 Å². The summed E-state index contributed by atoms with van der Waals surface area (Å²) in [6.07, 6.45) is 1.70. The van der Waals surface area contributed by atoms with Gasteiger partial charge >= 0.3 is 0 Å². The lowest BCUT2D eigenvalue weighted by Crippen LogP contribution is -2.30. The molecule has 28 heavy (non-hydrogen) atoms. The Morgan fingerprint density at radius 1 is 1.18 bits per heavy atom. The lowest BCUT2D eigenvalue weighted by atomic mass is 10.1. The van der Waals surface area contributed by atoms with E-state index in [-0.39, 0.29) is 5.91 Å². The minimum Gasteiger partial charge on any atom is -0.491 e. The molecule has 2 aromatic rings. The van der Waals surface area contributed by atoms with Gasteiger partial charge in [0, 0.05) is 0 Å². The van der Waals surface area contributed by atoms with E-state index in [0.29, 0.717) is 39.5 Å². The lowest BCUT2D eigenvalue weighted by molar-refractivity contribution is -0.113. The summed E-state index contributed by atoms with van der Waals surface area (Å²) < 4.78 is 10.9. The fourth-order valence-corrected chi connectivity index (χ4v) is 3.74. The predicted molar refractivity (Wildman–Crippen MR) is 116 cm³/mol. The van der Waals surface area contributed by atoms with Gasteiger partial charge in [0.25, 0.3) is 5.91 Å². The van der Waals surface area contributed by atoms with Crippen LogP contribution in [0.25, 0.3) is 6.08 Å². The third-order valence-corrected chi connectivity index (χ3v) is 4.76. The van der Waals surface area contributed by atoms with E-state index in [1.54, 1.807) is 18.2 Å². The van der Waals surface area contributed by atoms with Crippen LogP contribution in [0.4, 0.5) is 5.69 Å². The van der Waals surface area contributed by atoms with Crippen molar-refractivity contribution >= 4 is 46.6 Å². The van der Waals surface area contributed by atoms with Crippen LogP contribution in [-0.4, -0.2) is 24.7 Å². The highest BCUT2D eigenvalue weighted by Gasteiger charge is 2.32. The molecule has 0 atom stereocenters. The number of anilines is 1. The van der Waals surface area contributed by atoms with Gasteiger partial charge in [0.2, 0.25) is 0 Å². The van der Waals surface area contributed by atoms with E-state index in [2.05, 4.69) is 5.32 Å². The summed E-state index contributed by atoms with van der Waals surface area (Å²) >= 11 is 11.7. The van der Waals surface area contributed by atoms with E-state index in [4.69, 9.17) is 33.3 Å². The van der Waals surface area contributed by atoms with Crippen LogP contribution in [0, 0.1) is 13.8 Å². The zero-order chi connectivity index (χ0) is 20.4. The van der Waals surface area contributed by atoms with Crippen molar-refractivity contribution < 1.29 is 14.3 Å². The number of hydrogen-bond acceptors (Lipinski definition) is 4. The van der Waals surface area contributed by atoms with Gasteiger partial charge in [-0.05, 0) is 80.0 Å². The highest BCUT2D eigenvalue weighted by atomic mass is 35.5. The Balaban J connectivity index is 1.98. The third kappa shape index (κ3) is 3.98. The lowest BCUT2D eigenvalue weighted by Gasteiger charge is -2.15. The van der Waals surface area contributed by atoms with Crippen molar-refractivity contribution in [3.05, 3.63) is 57.7 Å². The second-order valence-electron chi connectivity index (χ2n) is 6.44. The van der Waals surface area contributed by atoms with Crippen LogP contribution in [0.2, 0.25) is 5.02 Å². The molecule has 0 aliphatic carbocycles. The van der Waals surface area contributed by atoms with Gasteiger partial charge < -0.3 is 14.8 Å². The van der Waals surface area contributed by atoms with Gasteiger partial charge in [-0.25, -0.2) is 0 Å². The van der Waals surface area contributed by atoms with Crippen LogP contribution in [0.3, 0.4) is 0 Å². The van der Waals surface area contributed by atoms with Gasteiger partial charge in [-0.15, -0.1) is 0 Å². The topological polar surface area (TPSA) is 50.8 Å². The number of amides is 1. The zero-order valence-corrected chi connectivity index (χ0v) is 17.7. The van der Waals surface area contributed by atoms with E-state index in [0.717, 1.165) is 16.8 Å². The Kier molecular flexibility index (Phi) is 5.91. The predicted octanol–water partition coefficient (Wildman–Crippen LogP) is 4.63. The molecular formula is C21H21ClN2O3S. The van der Waals surface area contributed by atoms with Crippen molar-refractivity contribution in [2.24, 2.45) is 0 Å². The summed E-state index contributed by atoms with van der Waals surface area (Å²) in [7, 11) is 1.53. The molecule has 0 unspecified atom stereocenters. The molecule has 1 N–H and O–H groups in total. The molecule has 0 spiro atoms. The van der Waals surface area contributed by atoms with E-state index >= 15 is 0 Å². The fourth-order valence-electron chi connectivity index (χ4n) is 3.15. The molecule has 0 aromatic heterocycles. The molecule has 3 rings (SSSR count). The van der Waals surface area contributed by atoms with Crippen LogP contribution in [0.1, 0.15) is 23.6 Å². The molecule has 7 heteroatoms. The summed E-state index contributed by atoms with van der Waals surface area (Å²) in [5.41, 5.74) is 3.94. The summed E-state index contributed by atoms with van der Waals surface area (Å²) in [5, 5.41) is 3.73. The smallest absolute Gasteiger partial charge is 0.281 e. The first-order valence-electron chi connectivity index (χ1n) is 8.79. The quantitative estimate of drug-likeness (QED) is 0.569. The molecule has 2 aromatic carbocycles. The normalized spacial score (nSPS) is 15.2. The number of ether oxygens (including phenoxy) is 2. The van der Waals surface area contributed by atoms with Crippen LogP contribution in [0.15, 0.2) is 36.0 Å². The minimum absolute atomic E-state index is 0.222. The molecule has 1 aliphatic rings. The number of nitrogens with zero attached hydrogens (tertiary/aromatic N) is 1. The highest BCUT2D eigenvalue weighted by Crippen LogP contribution is 2.37. The average Bonchev–Trinajstić information content (AvgIpc) is 2.87. The van der Waals surface area contributed by atoms with Crippen LogP contribution in [-0.2, 0) is 4.79 Å². The van der Waals surface area contributed by atoms with Crippen molar-refractivity contribution in [2.45, 2.75) is 20.8 Å². The number of hydrogen-bond donors (Lipinski definition) is 1. The van der Waals surface area contributed by atoms with E-state index in [1.807, 2.05) is 39.0 Å². The number of thiocarbonyl (C=S) groups is 1. The molecular weight excluding hydrogens is 396 g/mol. The number of halogens is 1. The number of carbonyl (C=O) groups is 1. The first kappa shape index (κ1) is 20.2. The van der Waals surface area contributed by atoms with Gasteiger partial charge in [-0.3, -0.25) is 9.69 Å². The number of rotatable bonds is 5. The fraction of sp³-hybridized carbons (Fsp3) is 0.238. The van der Waals surface area contributed by atoms with Crippen molar-refractivity contribution in [2.75, 3.05) is 18.6 Å². The molecule has 0 bridgehead atoms. The van der Waals surface area contributed by atoms with E-state index < -0.39 is 0 Å². The molecule has 1 heterocycles. The van der Waals surface area contributed by atoms with Gasteiger partial charge in [0.1, 0.15) is 5.70 Å². The molecule has 0 radical (unpaired) electrons. The number of benzene rings is 2. The maximum atomic E-state index is 13.0. The molecule has 1 amide bonds. The molecule has 0 saturated carbocycles. The molecule has 1 saturated heterocycles. The van der Waals surface area contributed by atoms with Crippen molar-refractivity contribution in [1.82, 2.24) is 5.32 Å². The van der Waals surface area contributed by atoms with Crippen molar-refractivity contribution in [3.63, 3.8) is 0 Å². The first-order valence-corrected chi connectivity index (χ1v) is 9.58. The summed E-state index contributed by atoms with van der Waals surface area (Å²) in [6, 6.07) is 9.40. The largest absolute Gasteiger partial charge is 0.491 e. The Morgan fingerprint density at radius 2 is 1.86 bits per heavy atom. The summed E-state index contributed by atoms with van der Waals surface area (Å²) in [4.78, 5) is 14.5. The van der Waals surface area contributed by atoms with Crippen LogP contribution < -0.4 is 19.7 Å². The average molecular weight is 417 g/mol. The standard InChI is InChI=1S/C21H21ClN2O3S/c1-5-27-18-11-14(9-16(22)19(18)26-4)10-17-20(25)24(21(28)23-17)15-7-12(2)6-13(3)8-15/h6-11H,5H2,1-4H3,(H,23,28)/b17-10-. The minimum atomic E-state index is -0.222. The van der Waals surface area contributed by atoms with Gasteiger partial charge in [-0.2, -0.15) is 0 Å². The maximum absolute atomic E-state index is 13.0. The third-order valence-electron chi connectivity index (χ3n) is 4.19. The van der Waals surface area contributed by atoms with Crippen LogP contribution >= 0.6 is 23.8 Å². The monoisotopic (exact) mass is 416 g/mol. The SMILES string of the molecule is CCOc1cc(/C=C2\NC(=S)N(c3cc(C)cc(C)c3)C2=O)cc(Cl)c1OC.